The summed E-state index contributed by atoms with van der Waals surface area (Å²) in [4.78, 5) is 18.4. The molecule has 0 saturated carbocycles. The summed E-state index contributed by atoms with van der Waals surface area (Å²) in [6.45, 7) is 0.840. The normalized spacial score (nSPS) is 24.8. The molecule has 1 aliphatic rings. The highest BCUT2D eigenvalue weighted by Gasteiger charge is 2.39. The number of hydrogen-bond donors (Lipinski definition) is 0. The van der Waals surface area contributed by atoms with Crippen LogP contribution < -0.4 is 4.74 Å². The monoisotopic (exact) mass is 310 g/mol. The number of carbonyl (C=O) groups is 1. The summed E-state index contributed by atoms with van der Waals surface area (Å²) in [5, 5.41) is 0. The molecule has 122 valence electrons. The van der Waals surface area contributed by atoms with Crippen molar-refractivity contribution in [1.82, 2.24) is 9.88 Å². The number of aromatic nitrogens is 1. The second-order valence-electron chi connectivity index (χ2n) is 5.06. The number of ether oxygens (including phenoxy) is 4. The minimum atomic E-state index is -0.254. The van der Waals surface area contributed by atoms with Crippen LogP contribution >= 0.6 is 0 Å². The van der Waals surface area contributed by atoms with E-state index >= 15 is 0 Å². The molecule has 3 atom stereocenters. The lowest BCUT2D eigenvalue weighted by molar-refractivity contribution is -0.147. The molecule has 0 N–H and O–H groups in total. The minimum Gasteiger partial charge on any atom is -0.480 e. The molecule has 0 radical (unpaired) electrons. The molecule has 22 heavy (non-hydrogen) atoms. The summed E-state index contributed by atoms with van der Waals surface area (Å²) in [5.41, 5.74) is 0.405. The molecule has 0 bridgehead atoms. The average Bonchev–Trinajstić information content (AvgIpc) is 2.59. The topological polar surface area (TPSA) is 70.1 Å². The fraction of sp³-hybridized carbons (Fsp3) is 0.600. The third-order valence-electron chi connectivity index (χ3n) is 3.90. The van der Waals surface area contributed by atoms with E-state index in [1.807, 2.05) is 0 Å². The number of pyridine rings is 1. The lowest BCUT2D eigenvalue weighted by Crippen LogP contribution is -2.57. The van der Waals surface area contributed by atoms with Gasteiger partial charge in [0, 0.05) is 27.5 Å². The van der Waals surface area contributed by atoms with E-state index in [0.717, 1.165) is 0 Å². The van der Waals surface area contributed by atoms with Crippen LogP contribution in [0.3, 0.4) is 0 Å². The van der Waals surface area contributed by atoms with Crippen LogP contribution in [0.2, 0.25) is 0 Å². The van der Waals surface area contributed by atoms with Gasteiger partial charge in [0.05, 0.1) is 26.4 Å². The SMILES string of the molecule is COc1ncccc1C(=O)N(C)[C@@H]1COC[C@@H](OC)[C@H]1OC. The molecule has 1 amide bonds. The summed E-state index contributed by atoms with van der Waals surface area (Å²) < 4.78 is 21.6. The van der Waals surface area contributed by atoms with Gasteiger partial charge in [-0.3, -0.25) is 4.79 Å². The number of hydrogen-bond acceptors (Lipinski definition) is 6. The first-order valence-electron chi connectivity index (χ1n) is 7.03. The first kappa shape index (κ1) is 16.7. The van der Waals surface area contributed by atoms with Crippen LogP contribution in [0.4, 0.5) is 0 Å². The summed E-state index contributed by atoms with van der Waals surface area (Å²) in [6, 6.07) is 3.14. The van der Waals surface area contributed by atoms with E-state index in [-0.39, 0.29) is 24.2 Å². The molecule has 1 saturated heterocycles. The standard InChI is InChI=1S/C15H22N2O5/c1-17(11-8-22-9-12(19-2)13(11)20-3)15(18)10-6-5-7-16-14(10)21-4/h5-7,11-13H,8-9H2,1-4H3/t11-,12-,13+/m1/s1. The number of likely N-dealkylation sites (N-methyl/N-ethyl adjacent to an activating group) is 1. The van der Waals surface area contributed by atoms with Gasteiger partial charge in [-0.25, -0.2) is 4.98 Å². The lowest BCUT2D eigenvalue weighted by atomic mass is 10.0. The van der Waals surface area contributed by atoms with Crippen molar-refractivity contribution < 1.29 is 23.7 Å². The van der Waals surface area contributed by atoms with Gasteiger partial charge in [0.1, 0.15) is 17.8 Å². The van der Waals surface area contributed by atoms with Crippen LogP contribution in [0.1, 0.15) is 10.4 Å². The fourth-order valence-electron chi connectivity index (χ4n) is 2.64. The molecule has 1 aromatic rings. The van der Waals surface area contributed by atoms with Gasteiger partial charge in [0.25, 0.3) is 5.91 Å². The number of carbonyl (C=O) groups excluding carboxylic acids is 1. The Morgan fingerprint density at radius 1 is 1.32 bits per heavy atom. The molecular weight excluding hydrogens is 288 g/mol. The zero-order valence-electron chi connectivity index (χ0n) is 13.3. The first-order chi connectivity index (χ1) is 10.6. The Morgan fingerprint density at radius 3 is 2.73 bits per heavy atom. The second-order valence-corrected chi connectivity index (χ2v) is 5.06. The smallest absolute Gasteiger partial charge is 0.259 e. The van der Waals surface area contributed by atoms with Crippen LogP contribution in [-0.2, 0) is 14.2 Å². The summed E-state index contributed by atoms with van der Waals surface area (Å²) >= 11 is 0. The summed E-state index contributed by atoms with van der Waals surface area (Å²) in [5.74, 6) is 0.102. The molecule has 0 unspecified atom stereocenters. The Labute approximate surface area is 130 Å². The Bertz CT molecular complexity index is 510. The first-order valence-corrected chi connectivity index (χ1v) is 7.03. The van der Waals surface area contributed by atoms with Crippen molar-refractivity contribution in [2.75, 3.05) is 41.6 Å². The molecular formula is C15H22N2O5. The van der Waals surface area contributed by atoms with Gasteiger partial charge in [-0.1, -0.05) is 0 Å². The maximum atomic E-state index is 12.7. The highest BCUT2D eigenvalue weighted by Crippen LogP contribution is 2.22. The molecule has 2 heterocycles. The quantitative estimate of drug-likeness (QED) is 0.793. The van der Waals surface area contributed by atoms with E-state index in [9.17, 15) is 4.79 Å². The molecule has 1 aromatic heterocycles. The van der Waals surface area contributed by atoms with Crippen LogP contribution in [0.25, 0.3) is 0 Å². The van der Waals surface area contributed by atoms with Crippen LogP contribution in [-0.4, -0.2) is 75.6 Å². The maximum absolute atomic E-state index is 12.7. The summed E-state index contributed by atoms with van der Waals surface area (Å²) in [6.07, 6.45) is 1.11. The average molecular weight is 310 g/mol. The van der Waals surface area contributed by atoms with Gasteiger partial charge in [0.2, 0.25) is 5.88 Å². The van der Waals surface area contributed by atoms with Crippen molar-refractivity contribution in [2.24, 2.45) is 0 Å². The Kier molecular flexibility index (Phi) is 5.70. The minimum absolute atomic E-state index is 0.197. The predicted molar refractivity (Wildman–Crippen MR) is 79.1 cm³/mol. The highest BCUT2D eigenvalue weighted by atomic mass is 16.6. The van der Waals surface area contributed by atoms with Crippen LogP contribution in [0, 0.1) is 0 Å². The predicted octanol–water partition coefficient (Wildman–Crippen LogP) is 0.591. The Balaban J connectivity index is 2.22. The molecule has 7 heteroatoms. The number of nitrogens with zero attached hydrogens (tertiary/aromatic N) is 2. The molecule has 1 aliphatic heterocycles. The van der Waals surface area contributed by atoms with Gasteiger partial charge in [-0.05, 0) is 12.1 Å². The largest absolute Gasteiger partial charge is 0.480 e. The third kappa shape index (κ3) is 3.21. The van der Waals surface area contributed by atoms with Crippen molar-refractivity contribution in [3.8, 4) is 5.88 Å². The number of methoxy groups -OCH3 is 3. The molecule has 1 fully saturated rings. The molecule has 2 rings (SSSR count). The lowest BCUT2D eigenvalue weighted by Gasteiger charge is -2.40. The van der Waals surface area contributed by atoms with Crippen molar-refractivity contribution in [2.45, 2.75) is 18.2 Å². The zero-order valence-corrected chi connectivity index (χ0v) is 13.3. The van der Waals surface area contributed by atoms with Crippen molar-refractivity contribution in [1.29, 1.82) is 0 Å². The Hall–Kier alpha value is -1.70. The van der Waals surface area contributed by atoms with Crippen molar-refractivity contribution in [3.05, 3.63) is 23.9 Å². The highest BCUT2D eigenvalue weighted by molar-refractivity contribution is 5.96. The van der Waals surface area contributed by atoms with Gasteiger partial charge < -0.3 is 23.8 Å². The molecule has 0 aliphatic carbocycles. The Morgan fingerprint density at radius 2 is 2.09 bits per heavy atom. The second kappa shape index (κ2) is 7.53. The van der Waals surface area contributed by atoms with Crippen molar-refractivity contribution >= 4 is 5.91 Å². The van der Waals surface area contributed by atoms with E-state index in [2.05, 4.69) is 4.98 Å². The van der Waals surface area contributed by atoms with Crippen LogP contribution in [0.5, 0.6) is 5.88 Å². The van der Waals surface area contributed by atoms with Crippen LogP contribution in [0.15, 0.2) is 18.3 Å². The van der Waals surface area contributed by atoms with E-state index in [1.165, 1.54) is 7.11 Å². The number of rotatable bonds is 5. The van der Waals surface area contributed by atoms with Gasteiger partial charge >= 0.3 is 0 Å². The third-order valence-corrected chi connectivity index (χ3v) is 3.90. The van der Waals surface area contributed by atoms with E-state index in [0.29, 0.717) is 24.7 Å². The van der Waals surface area contributed by atoms with Gasteiger partial charge in [-0.2, -0.15) is 0 Å². The molecule has 7 nitrogen and oxygen atoms in total. The van der Waals surface area contributed by atoms with E-state index in [1.54, 1.807) is 44.5 Å². The molecule has 0 spiro atoms. The maximum Gasteiger partial charge on any atom is 0.259 e. The fourth-order valence-corrected chi connectivity index (χ4v) is 2.64. The van der Waals surface area contributed by atoms with Gasteiger partial charge in [-0.15, -0.1) is 0 Å². The van der Waals surface area contributed by atoms with E-state index < -0.39 is 0 Å². The van der Waals surface area contributed by atoms with Crippen molar-refractivity contribution in [3.63, 3.8) is 0 Å². The van der Waals surface area contributed by atoms with Gasteiger partial charge in [0.15, 0.2) is 0 Å². The zero-order chi connectivity index (χ0) is 16.1. The molecule has 0 aromatic carbocycles. The number of amides is 1. The van der Waals surface area contributed by atoms with E-state index in [4.69, 9.17) is 18.9 Å². The summed E-state index contributed by atoms with van der Waals surface area (Å²) in [7, 11) is 6.42.